The average molecular weight is 304 g/mol. The second-order valence-electron chi connectivity index (χ2n) is 3.61. The molecule has 0 fully saturated rings. The Morgan fingerprint density at radius 1 is 1.24 bits per heavy atom. The molecule has 4 nitrogen and oxygen atoms in total. The summed E-state index contributed by atoms with van der Waals surface area (Å²) in [7, 11) is 0. The lowest BCUT2D eigenvalue weighted by atomic mass is 10.2. The third-order valence-corrected chi connectivity index (χ3v) is 2.33. The molecule has 114 valence electrons. The van der Waals surface area contributed by atoms with Crippen molar-refractivity contribution < 1.29 is 27.5 Å². The number of aromatic carboxylic acids is 1. The molecule has 0 spiro atoms. The second-order valence-corrected chi connectivity index (χ2v) is 3.61. The number of nitrogens with zero attached hydrogens (tertiary/aromatic N) is 2. The molecule has 0 aliphatic carbocycles. The molecule has 1 aromatic carbocycles. The van der Waals surface area contributed by atoms with Crippen LogP contribution in [0, 0.1) is 5.82 Å². The lowest BCUT2D eigenvalue weighted by Crippen LogP contribution is -2.09. The molecule has 1 N–H and O–H groups in total. The summed E-state index contributed by atoms with van der Waals surface area (Å²) in [6.07, 6.45) is -3.57. The van der Waals surface area contributed by atoms with Crippen LogP contribution in [0.1, 0.15) is 29.9 Å². The molecule has 8 heteroatoms. The highest BCUT2D eigenvalue weighted by molar-refractivity contribution is 5.85. The zero-order chi connectivity index (χ0) is 16.2. The van der Waals surface area contributed by atoms with Gasteiger partial charge in [-0.05, 0) is 18.2 Å². The van der Waals surface area contributed by atoms with E-state index in [0.717, 1.165) is 16.8 Å². The molecule has 1 aromatic heterocycles. The first-order valence-electron chi connectivity index (χ1n) is 5.95. The summed E-state index contributed by atoms with van der Waals surface area (Å²) in [6.45, 7) is 4.00. The fourth-order valence-electron chi connectivity index (χ4n) is 1.46. The predicted octanol–water partition coefficient (Wildman–Crippen LogP) is 3.75. The van der Waals surface area contributed by atoms with Gasteiger partial charge < -0.3 is 5.11 Å². The van der Waals surface area contributed by atoms with Crippen molar-refractivity contribution in [3.05, 3.63) is 47.5 Å². The number of carbonyl (C=O) groups is 1. The molecule has 0 radical (unpaired) electrons. The largest absolute Gasteiger partial charge is 0.476 e. The van der Waals surface area contributed by atoms with Crippen molar-refractivity contribution in [1.82, 2.24) is 9.78 Å². The Labute approximate surface area is 117 Å². The van der Waals surface area contributed by atoms with E-state index in [0.29, 0.717) is 12.1 Å². The number of hydrogen-bond acceptors (Lipinski definition) is 2. The van der Waals surface area contributed by atoms with E-state index >= 15 is 0 Å². The summed E-state index contributed by atoms with van der Waals surface area (Å²) in [5.74, 6) is -2.73. The minimum absolute atomic E-state index is 0.00185. The second kappa shape index (κ2) is 6.38. The molecule has 2 aromatic rings. The summed E-state index contributed by atoms with van der Waals surface area (Å²) in [6, 6.07) is 3.37. The summed E-state index contributed by atoms with van der Waals surface area (Å²) in [4.78, 5) is 10.6. The van der Waals surface area contributed by atoms with Crippen molar-refractivity contribution in [2.24, 2.45) is 0 Å². The molecule has 0 unspecified atom stereocenters. The van der Waals surface area contributed by atoms with E-state index in [-0.39, 0.29) is 11.4 Å². The van der Waals surface area contributed by atoms with Crippen LogP contribution in [0.3, 0.4) is 0 Å². The van der Waals surface area contributed by atoms with Crippen LogP contribution in [0.15, 0.2) is 30.5 Å². The maximum atomic E-state index is 13.3. The van der Waals surface area contributed by atoms with Crippen LogP contribution in [0.2, 0.25) is 0 Å². The van der Waals surface area contributed by atoms with Gasteiger partial charge in [-0.1, -0.05) is 13.8 Å². The van der Waals surface area contributed by atoms with E-state index < -0.39 is 23.5 Å². The van der Waals surface area contributed by atoms with Gasteiger partial charge in [0.25, 0.3) is 0 Å². The van der Waals surface area contributed by atoms with Crippen molar-refractivity contribution in [2.75, 3.05) is 0 Å². The van der Waals surface area contributed by atoms with Gasteiger partial charge >= 0.3 is 12.1 Å². The maximum absolute atomic E-state index is 13.3. The zero-order valence-corrected chi connectivity index (χ0v) is 11.1. The van der Waals surface area contributed by atoms with Gasteiger partial charge in [-0.25, -0.2) is 13.9 Å². The van der Waals surface area contributed by atoms with Crippen LogP contribution in [-0.2, 0) is 6.18 Å². The lowest BCUT2D eigenvalue weighted by molar-refractivity contribution is -0.140. The van der Waals surface area contributed by atoms with Crippen LogP contribution in [0.5, 0.6) is 0 Å². The number of hydrogen-bond donors (Lipinski definition) is 1. The average Bonchev–Trinajstić information content (AvgIpc) is 2.89. The molecule has 2 rings (SSSR count). The van der Waals surface area contributed by atoms with E-state index in [1.54, 1.807) is 0 Å². The van der Waals surface area contributed by atoms with E-state index in [1.165, 1.54) is 6.20 Å². The Bertz CT molecular complexity index is 635. The first-order valence-corrected chi connectivity index (χ1v) is 5.95. The van der Waals surface area contributed by atoms with Crippen molar-refractivity contribution in [1.29, 1.82) is 0 Å². The number of carboxylic acid groups (broad SMARTS) is 1. The minimum atomic E-state index is -4.78. The van der Waals surface area contributed by atoms with Crippen LogP contribution in [0.4, 0.5) is 17.6 Å². The molecule has 0 saturated carbocycles. The highest BCUT2D eigenvalue weighted by Gasteiger charge is 2.34. The summed E-state index contributed by atoms with van der Waals surface area (Å²) in [5, 5.41) is 12.2. The molecule has 21 heavy (non-hydrogen) atoms. The highest BCUT2D eigenvalue weighted by atomic mass is 19.4. The molecule has 0 aliphatic rings. The fraction of sp³-hybridized carbons (Fsp3) is 0.231. The van der Waals surface area contributed by atoms with Gasteiger partial charge in [-0.15, -0.1) is 0 Å². The summed E-state index contributed by atoms with van der Waals surface area (Å²) < 4.78 is 51.4. The van der Waals surface area contributed by atoms with Gasteiger partial charge in [0.15, 0.2) is 5.69 Å². The van der Waals surface area contributed by atoms with Gasteiger partial charge in [-0.2, -0.15) is 18.3 Å². The van der Waals surface area contributed by atoms with Crippen molar-refractivity contribution >= 4 is 5.97 Å². The Kier molecular flexibility index (Phi) is 5.07. The van der Waals surface area contributed by atoms with Crippen molar-refractivity contribution in [3.8, 4) is 5.69 Å². The number of alkyl halides is 3. The van der Waals surface area contributed by atoms with Gasteiger partial charge in [-0.3, -0.25) is 0 Å². The Morgan fingerprint density at radius 2 is 1.86 bits per heavy atom. The van der Waals surface area contributed by atoms with Crippen LogP contribution >= 0.6 is 0 Å². The minimum Gasteiger partial charge on any atom is -0.476 e. The smallest absolute Gasteiger partial charge is 0.419 e. The van der Waals surface area contributed by atoms with Crippen LogP contribution < -0.4 is 0 Å². The quantitative estimate of drug-likeness (QED) is 0.860. The zero-order valence-electron chi connectivity index (χ0n) is 11.1. The van der Waals surface area contributed by atoms with Gasteiger partial charge in [0.1, 0.15) is 5.82 Å². The summed E-state index contributed by atoms with van der Waals surface area (Å²) >= 11 is 0. The Balaban J connectivity index is 0.00000106. The Hall–Kier alpha value is -2.38. The van der Waals surface area contributed by atoms with Crippen molar-refractivity contribution in [3.63, 3.8) is 0 Å². The molecule has 0 amide bonds. The molecular weight excluding hydrogens is 292 g/mol. The lowest BCUT2D eigenvalue weighted by Gasteiger charge is -2.09. The number of benzene rings is 1. The topological polar surface area (TPSA) is 55.1 Å². The highest BCUT2D eigenvalue weighted by Crippen LogP contribution is 2.32. The standard InChI is InChI=1S/C11H6F4N2O2.C2H6/c12-8-5-6(1-2-7(8)11(13,14)15)17-4-3-9(16-17)10(18)19;1-2/h1-5H,(H,18,19);1-2H3. The number of halogens is 4. The molecule has 0 atom stereocenters. The predicted molar refractivity (Wildman–Crippen MR) is 66.8 cm³/mol. The maximum Gasteiger partial charge on any atom is 0.419 e. The molecule has 0 aliphatic heterocycles. The van der Waals surface area contributed by atoms with Gasteiger partial charge in [0.05, 0.1) is 11.3 Å². The van der Waals surface area contributed by atoms with Gasteiger partial charge in [0, 0.05) is 12.3 Å². The SMILES string of the molecule is CC.O=C(O)c1ccn(-c2ccc(C(F)(F)F)c(F)c2)n1. The van der Waals surface area contributed by atoms with Crippen LogP contribution in [-0.4, -0.2) is 20.9 Å². The molecular formula is C13H12F4N2O2. The van der Waals surface area contributed by atoms with E-state index in [9.17, 15) is 22.4 Å². The molecule has 1 heterocycles. The first-order chi connectivity index (χ1) is 9.79. The summed E-state index contributed by atoms with van der Waals surface area (Å²) in [5.41, 5.74) is -1.68. The number of carboxylic acids is 1. The molecule has 0 saturated heterocycles. The number of rotatable bonds is 2. The Morgan fingerprint density at radius 3 is 2.29 bits per heavy atom. The fourth-order valence-corrected chi connectivity index (χ4v) is 1.46. The number of aromatic nitrogens is 2. The molecule has 0 bridgehead atoms. The van der Waals surface area contributed by atoms with E-state index in [2.05, 4.69) is 5.10 Å². The van der Waals surface area contributed by atoms with E-state index in [1.807, 2.05) is 13.8 Å². The van der Waals surface area contributed by atoms with Gasteiger partial charge in [0.2, 0.25) is 0 Å². The third kappa shape index (κ3) is 3.80. The van der Waals surface area contributed by atoms with Crippen LogP contribution in [0.25, 0.3) is 5.69 Å². The van der Waals surface area contributed by atoms with E-state index in [4.69, 9.17) is 5.11 Å². The van der Waals surface area contributed by atoms with Crippen molar-refractivity contribution in [2.45, 2.75) is 20.0 Å². The third-order valence-electron chi connectivity index (χ3n) is 2.33. The monoisotopic (exact) mass is 304 g/mol. The first kappa shape index (κ1) is 16.7. The normalized spacial score (nSPS) is 10.8.